The van der Waals surface area contributed by atoms with Crippen LogP contribution in [0.4, 0.5) is 0 Å². The summed E-state index contributed by atoms with van der Waals surface area (Å²) in [5.74, 6) is 0.726. The standard InChI is InChI=1S/C16H26/c1-13(2)12-16(6,15(3,4)5)14-10-8-7-9-11-14/h7-11,13H,12H2,1-6H3. The van der Waals surface area contributed by atoms with Crippen LogP contribution in [0.5, 0.6) is 0 Å². The molecule has 0 radical (unpaired) electrons. The number of hydrogen-bond acceptors (Lipinski definition) is 0. The zero-order valence-electron chi connectivity index (χ0n) is 11.7. The highest BCUT2D eigenvalue weighted by atomic mass is 14.4. The fourth-order valence-corrected chi connectivity index (χ4v) is 2.48. The summed E-state index contributed by atoms with van der Waals surface area (Å²) >= 11 is 0. The summed E-state index contributed by atoms with van der Waals surface area (Å²) in [5.41, 5.74) is 2.01. The number of hydrogen-bond donors (Lipinski definition) is 0. The predicted octanol–water partition coefficient (Wildman–Crippen LogP) is 5.04. The molecule has 0 bridgehead atoms. The van der Waals surface area contributed by atoms with E-state index in [4.69, 9.17) is 0 Å². The molecule has 0 N–H and O–H groups in total. The SMILES string of the molecule is CC(C)CC(C)(c1ccccc1)C(C)(C)C. The van der Waals surface area contributed by atoms with Crippen molar-refractivity contribution < 1.29 is 0 Å². The highest BCUT2D eigenvalue weighted by molar-refractivity contribution is 5.27. The Labute approximate surface area is 101 Å². The van der Waals surface area contributed by atoms with Gasteiger partial charge in [0, 0.05) is 0 Å². The molecule has 0 fully saturated rings. The van der Waals surface area contributed by atoms with Crippen molar-refractivity contribution in [1.29, 1.82) is 0 Å². The topological polar surface area (TPSA) is 0 Å². The lowest BCUT2D eigenvalue weighted by atomic mass is 9.60. The average Bonchev–Trinajstić information content (AvgIpc) is 2.16. The van der Waals surface area contributed by atoms with Crippen LogP contribution in [0.3, 0.4) is 0 Å². The Bertz CT molecular complexity index is 316. The van der Waals surface area contributed by atoms with Crippen LogP contribution in [0.15, 0.2) is 30.3 Å². The molecule has 1 atom stereocenters. The lowest BCUT2D eigenvalue weighted by Crippen LogP contribution is -2.38. The Morgan fingerprint density at radius 3 is 1.81 bits per heavy atom. The van der Waals surface area contributed by atoms with E-state index in [1.54, 1.807) is 0 Å². The van der Waals surface area contributed by atoms with Crippen molar-refractivity contribution in [2.75, 3.05) is 0 Å². The maximum atomic E-state index is 2.41. The van der Waals surface area contributed by atoms with Gasteiger partial charge in [-0.1, -0.05) is 71.9 Å². The van der Waals surface area contributed by atoms with Crippen molar-refractivity contribution in [3.8, 4) is 0 Å². The van der Waals surface area contributed by atoms with E-state index < -0.39 is 0 Å². The van der Waals surface area contributed by atoms with E-state index in [2.05, 4.69) is 71.9 Å². The lowest BCUT2D eigenvalue weighted by Gasteiger charge is -2.44. The van der Waals surface area contributed by atoms with Gasteiger partial charge in [0.1, 0.15) is 0 Å². The third-order valence-electron chi connectivity index (χ3n) is 3.88. The van der Waals surface area contributed by atoms with Gasteiger partial charge in [-0.25, -0.2) is 0 Å². The molecular weight excluding hydrogens is 192 g/mol. The first kappa shape index (κ1) is 13.3. The van der Waals surface area contributed by atoms with Crippen LogP contribution < -0.4 is 0 Å². The number of rotatable bonds is 3. The van der Waals surface area contributed by atoms with Gasteiger partial charge in [-0.3, -0.25) is 0 Å². The van der Waals surface area contributed by atoms with Gasteiger partial charge in [-0.15, -0.1) is 0 Å². The third kappa shape index (κ3) is 2.66. The largest absolute Gasteiger partial charge is 0.0627 e. The molecule has 1 rings (SSSR count). The van der Waals surface area contributed by atoms with Gasteiger partial charge >= 0.3 is 0 Å². The molecule has 0 aromatic heterocycles. The van der Waals surface area contributed by atoms with Crippen LogP contribution in [0, 0.1) is 11.3 Å². The van der Waals surface area contributed by atoms with Crippen molar-refractivity contribution in [1.82, 2.24) is 0 Å². The maximum Gasteiger partial charge on any atom is -0.00244 e. The first-order valence-electron chi connectivity index (χ1n) is 6.33. The van der Waals surface area contributed by atoms with E-state index >= 15 is 0 Å². The zero-order valence-corrected chi connectivity index (χ0v) is 11.7. The summed E-state index contributed by atoms with van der Waals surface area (Å²) in [4.78, 5) is 0. The molecule has 0 saturated heterocycles. The molecule has 90 valence electrons. The van der Waals surface area contributed by atoms with Crippen molar-refractivity contribution >= 4 is 0 Å². The summed E-state index contributed by atoms with van der Waals surface area (Å²) < 4.78 is 0. The summed E-state index contributed by atoms with van der Waals surface area (Å²) in [6.45, 7) is 14.1. The van der Waals surface area contributed by atoms with Gasteiger partial charge in [0.15, 0.2) is 0 Å². The Morgan fingerprint density at radius 2 is 1.44 bits per heavy atom. The highest BCUT2D eigenvalue weighted by Crippen LogP contribution is 2.45. The zero-order chi connectivity index (χ0) is 12.4. The van der Waals surface area contributed by atoms with Gasteiger partial charge in [0.05, 0.1) is 0 Å². The maximum absolute atomic E-state index is 2.41. The average molecular weight is 218 g/mol. The van der Waals surface area contributed by atoms with E-state index in [-0.39, 0.29) is 5.41 Å². The first-order chi connectivity index (χ1) is 7.27. The Hall–Kier alpha value is -0.780. The first-order valence-corrected chi connectivity index (χ1v) is 6.33. The summed E-state index contributed by atoms with van der Waals surface area (Å²) in [6.07, 6.45) is 1.24. The molecule has 0 heteroatoms. The monoisotopic (exact) mass is 218 g/mol. The smallest absolute Gasteiger partial charge is 0.00244 e. The van der Waals surface area contributed by atoms with Crippen LogP contribution in [0.2, 0.25) is 0 Å². The molecule has 1 aromatic carbocycles. The van der Waals surface area contributed by atoms with Crippen LogP contribution in [-0.4, -0.2) is 0 Å². The molecule has 0 spiro atoms. The van der Waals surface area contributed by atoms with Crippen LogP contribution in [0.1, 0.15) is 53.5 Å². The van der Waals surface area contributed by atoms with E-state index in [1.165, 1.54) is 12.0 Å². The summed E-state index contributed by atoms with van der Waals surface area (Å²) in [7, 11) is 0. The van der Waals surface area contributed by atoms with E-state index in [0.29, 0.717) is 5.41 Å². The number of benzene rings is 1. The van der Waals surface area contributed by atoms with Crippen LogP contribution in [-0.2, 0) is 5.41 Å². The van der Waals surface area contributed by atoms with Gasteiger partial charge < -0.3 is 0 Å². The minimum Gasteiger partial charge on any atom is -0.0627 e. The fraction of sp³-hybridized carbons (Fsp3) is 0.625. The molecule has 0 amide bonds. The minimum absolute atomic E-state index is 0.252. The van der Waals surface area contributed by atoms with Crippen molar-refractivity contribution in [3.63, 3.8) is 0 Å². The molecular formula is C16H26. The molecule has 0 heterocycles. The lowest BCUT2D eigenvalue weighted by molar-refractivity contribution is 0.169. The summed E-state index contributed by atoms with van der Waals surface area (Å²) in [5, 5.41) is 0. The highest BCUT2D eigenvalue weighted by Gasteiger charge is 2.38. The molecule has 0 saturated carbocycles. The van der Waals surface area contributed by atoms with Crippen molar-refractivity contribution in [2.45, 2.75) is 53.4 Å². The van der Waals surface area contributed by atoms with Crippen molar-refractivity contribution in [2.24, 2.45) is 11.3 Å². The normalized spacial score (nSPS) is 16.2. The molecule has 1 unspecified atom stereocenters. The van der Waals surface area contributed by atoms with Gasteiger partial charge in [-0.05, 0) is 28.7 Å². The van der Waals surface area contributed by atoms with Gasteiger partial charge in [0.2, 0.25) is 0 Å². The Kier molecular flexibility index (Phi) is 3.83. The van der Waals surface area contributed by atoms with Crippen molar-refractivity contribution in [3.05, 3.63) is 35.9 Å². The Morgan fingerprint density at radius 1 is 0.938 bits per heavy atom. The van der Waals surface area contributed by atoms with E-state index in [1.807, 2.05) is 0 Å². The van der Waals surface area contributed by atoms with Gasteiger partial charge in [0.25, 0.3) is 0 Å². The van der Waals surface area contributed by atoms with E-state index in [9.17, 15) is 0 Å². The molecule has 1 aromatic rings. The van der Waals surface area contributed by atoms with Crippen LogP contribution in [0.25, 0.3) is 0 Å². The minimum atomic E-state index is 0.252. The molecule has 0 nitrogen and oxygen atoms in total. The Balaban J connectivity index is 3.16. The predicted molar refractivity (Wildman–Crippen MR) is 72.7 cm³/mol. The summed E-state index contributed by atoms with van der Waals surface area (Å²) in [6, 6.07) is 10.9. The molecule has 0 aliphatic carbocycles. The molecule has 0 aliphatic rings. The molecule has 16 heavy (non-hydrogen) atoms. The second-order valence-electron chi connectivity index (χ2n) is 6.55. The second kappa shape index (κ2) is 4.61. The van der Waals surface area contributed by atoms with Gasteiger partial charge in [-0.2, -0.15) is 0 Å². The molecule has 0 aliphatic heterocycles. The van der Waals surface area contributed by atoms with Crippen LogP contribution >= 0.6 is 0 Å². The third-order valence-corrected chi connectivity index (χ3v) is 3.88. The van der Waals surface area contributed by atoms with E-state index in [0.717, 1.165) is 5.92 Å². The quantitative estimate of drug-likeness (QED) is 0.667. The fourth-order valence-electron chi connectivity index (χ4n) is 2.48. The second-order valence-corrected chi connectivity index (χ2v) is 6.55.